The second-order valence-electron chi connectivity index (χ2n) is 10.8. The van der Waals surface area contributed by atoms with Crippen molar-refractivity contribution in [3.05, 3.63) is 12.7 Å². The molecule has 190 valence electrons. The third-order valence-electron chi connectivity index (χ3n) is 7.25. The van der Waals surface area contributed by atoms with E-state index in [1.807, 2.05) is 0 Å². The van der Waals surface area contributed by atoms with Crippen molar-refractivity contribution in [2.45, 2.75) is 155 Å². The number of carbonyl (C=O) groups is 1. The highest BCUT2D eigenvalue weighted by molar-refractivity contribution is 5.92. The number of quaternary nitrogens is 1. The quantitative estimate of drug-likeness (QED) is 0.0768. The van der Waals surface area contributed by atoms with Gasteiger partial charge in [-0.1, -0.05) is 136 Å². The smallest absolute Gasteiger partial charge is 0.212 e. The fourth-order valence-electron chi connectivity index (χ4n) is 5.12. The predicted molar refractivity (Wildman–Crippen MR) is 144 cm³/mol. The normalized spacial score (nSPS) is 12.8. The van der Waals surface area contributed by atoms with Crippen LogP contribution >= 0.6 is 0 Å². The average Bonchev–Trinajstić information content (AvgIpc) is 2.77. The van der Waals surface area contributed by atoms with Crippen LogP contribution in [0.3, 0.4) is 0 Å². The number of ketones is 1. The van der Waals surface area contributed by atoms with Gasteiger partial charge in [0, 0.05) is 6.42 Å². The van der Waals surface area contributed by atoms with Crippen LogP contribution in [0.2, 0.25) is 0 Å². The Labute approximate surface area is 203 Å². The van der Waals surface area contributed by atoms with Crippen LogP contribution < -0.4 is 0 Å². The second-order valence-corrected chi connectivity index (χ2v) is 10.8. The molecular formula is C30H60NO+. The van der Waals surface area contributed by atoms with Crippen molar-refractivity contribution in [2.75, 3.05) is 20.6 Å². The molecule has 0 saturated carbocycles. The van der Waals surface area contributed by atoms with Crippen molar-refractivity contribution in [1.82, 2.24) is 0 Å². The van der Waals surface area contributed by atoms with Crippen molar-refractivity contribution < 1.29 is 9.28 Å². The summed E-state index contributed by atoms with van der Waals surface area (Å²) in [6.07, 6.45) is 30.4. The summed E-state index contributed by atoms with van der Waals surface area (Å²) in [4.78, 5) is 12.3. The zero-order valence-electron chi connectivity index (χ0n) is 22.8. The van der Waals surface area contributed by atoms with Crippen LogP contribution in [0, 0.1) is 0 Å². The molecule has 0 aromatic heterocycles. The van der Waals surface area contributed by atoms with Crippen LogP contribution in [0.15, 0.2) is 12.7 Å². The molecule has 0 heterocycles. The number of hydrogen-bond acceptors (Lipinski definition) is 1. The number of likely N-dealkylation sites (N-methyl/N-ethyl adjacent to an activating group) is 1. The minimum Gasteiger partial charge on any atom is -0.320 e. The van der Waals surface area contributed by atoms with Gasteiger partial charge in [0.15, 0.2) is 6.04 Å². The van der Waals surface area contributed by atoms with E-state index in [1.165, 1.54) is 128 Å². The minimum absolute atomic E-state index is 0.0956. The summed E-state index contributed by atoms with van der Waals surface area (Å²) in [5.74, 6) is 0.228. The maximum atomic E-state index is 12.3. The lowest BCUT2D eigenvalue weighted by atomic mass is 9.99. The molecule has 0 amide bonds. The van der Waals surface area contributed by atoms with Crippen molar-refractivity contribution in [3.63, 3.8) is 0 Å². The Morgan fingerprint density at radius 3 is 1.28 bits per heavy atom. The van der Waals surface area contributed by atoms with Crippen LogP contribution in [0.1, 0.15) is 149 Å². The molecule has 0 spiro atoms. The summed E-state index contributed by atoms with van der Waals surface area (Å²) >= 11 is 0. The topological polar surface area (TPSA) is 17.1 Å². The largest absolute Gasteiger partial charge is 0.320 e. The van der Waals surface area contributed by atoms with Gasteiger partial charge >= 0.3 is 0 Å². The highest BCUT2D eigenvalue weighted by Gasteiger charge is 2.31. The van der Waals surface area contributed by atoms with E-state index in [0.29, 0.717) is 0 Å². The zero-order chi connectivity index (χ0) is 23.9. The van der Waals surface area contributed by atoms with Crippen LogP contribution in [0.4, 0.5) is 0 Å². The van der Waals surface area contributed by atoms with Gasteiger partial charge in [-0.05, 0) is 18.9 Å². The lowest BCUT2D eigenvalue weighted by Crippen LogP contribution is -2.52. The van der Waals surface area contributed by atoms with E-state index in [0.717, 1.165) is 23.9 Å². The van der Waals surface area contributed by atoms with E-state index < -0.39 is 0 Å². The third kappa shape index (κ3) is 17.9. The van der Waals surface area contributed by atoms with Gasteiger partial charge in [-0.2, -0.15) is 0 Å². The van der Waals surface area contributed by atoms with Crippen LogP contribution in [0.25, 0.3) is 0 Å². The summed E-state index contributed by atoms with van der Waals surface area (Å²) in [6, 6.07) is 0.0956. The molecule has 0 fully saturated rings. The summed E-state index contributed by atoms with van der Waals surface area (Å²) in [7, 11) is 4.40. The first-order valence-corrected chi connectivity index (χ1v) is 14.5. The second kappa shape index (κ2) is 22.2. The Morgan fingerprint density at radius 2 is 0.969 bits per heavy atom. The van der Waals surface area contributed by atoms with E-state index >= 15 is 0 Å². The van der Waals surface area contributed by atoms with E-state index in [2.05, 4.69) is 34.5 Å². The van der Waals surface area contributed by atoms with Gasteiger partial charge in [-0.3, -0.25) is 4.79 Å². The van der Waals surface area contributed by atoms with Gasteiger partial charge in [0.05, 0.1) is 20.6 Å². The first-order valence-electron chi connectivity index (χ1n) is 14.5. The molecule has 0 saturated heterocycles. The first-order chi connectivity index (χ1) is 15.5. The maximum Gasteiger partial charge on any atom is 0.212 e. The monoisotopic (exact) mass is 450 g/mol. The molecule has 2 heteroatoms. The highest BCUT2D eigenvalue weighted by atomic mass is 16.1. The molecule has 0 aliphatic carbocycles. The number of hydrogen-bond donors (Lipinski definition) is 0. The predicted octanol–water partition coefficient (Wildman–Crippen LogP) is 9.42. The Kier molecular flexibility index (Phi) is 21.7. The average molecular weight is 451 g/mol. The van der Waals surface area contributed by atoms with Crippen molar-refractivity contribution in [2.24, 2.45) is 0 Å². The fourth-order valence-corrected chi connectivity index (χ4v) is 5.12. The van der Waals surface area contributed by atoms with Gasteiger partial charge in [0.2, 0.25) is 5.78 Å². The van der Waals surface area contributed by atoms with Crippen LogP contribution in [-0.4, -0.2) is 36.9 Å². The number of nitrogens with zero attached hydrogens (tertiary/aromatic N) is 1. The molecule has 1 unspecified atom stereocenters. The van der Waals surface area contributed by atoms with Gasteiger partial charge < -0.3 is 4.48 Å². The van der Waals surface area contributed by atoms with E-state index in [4.69, 9.17) is 0 Å². The van der Waals surface area contributed by atoms with Gasteiger partial charge in [-0.15, -0.1) is 0 Å². The summed E-state index contributed by atoms with van der Waals surface area (Å²) in [5.41, 5.74) is 0. The minimum atomic E-state index is 0.0956. The number of carbonyl (C=O) groups excluding carboxylic acids is 1. The number of unbranched alkanes of at least 4 members (excludes halogenated alkanes) is 18. The third-order valence-corrected chi connectivity index (χ3v) is 7.25. The molecule has 0 aromatic rings. The Bertz CT molecular complexity index is 429. The van der Waals surface area contributed by atoms with E-state index in [9.17, 15) is 4.79 Å². The molecule has 0 bridgehead atoms. The molecule has 0 rings (SSSR count). The van der Waals surface area contributed by atoms with Crippen LogP contribution in [-0.2, 0) is 4.79 Å². The summed E-state index contributed by atoms with van der Waals surface area (Å²) < 4.78 is 0.806. The Hall–Kier alpha value is -0.630. The molecule has 32 heavy (non-hydrogen) atoms. The maximum absolute atomic E-state index is 12.3. The van der Waals surface area contributed by atoms with Gasteiger partial charge in [-0.25, -0.2) is 0 Å². The lowest BCUT2D eigenvalue weighted by Gasteiger charge is -2.36. The highest BCUT2D eigenvalue weighted by Crippen LogP contribution is 2.19. The molecule has 0 aromatic carbocycles. The molecule has 0 aliphatic heterocycles. The molecular weight excluding hydrogens is 390 g/mol. The Balaban J connectivity index is 3.48. The first kappa shape index (κ1) is 31.4. The molecule has 0 N–H and O–H groups in total. The zero-order valence-corrected chi connectivity index (χ0v) is 22.8. The van der Waals surface area contributed by atoms with Crippen molar-refractivity contribution >= 4 is 5.78 Å². The van der Waals surface area contributed by atoms with Gasteiger partial charge in [0.1, 0.15) is 0 Å². The standard InChI is InChI=1S/C30H60NO/c1-6-9-10-11-12-13-14-15-16-17-18-19-20-21-22-23-24-25-26-27-29(30(32)8-3)31(4,5)28-7-2/h8,29H,3,6-7,9-28H2,1-2,4-5H3/q+1. The lowest BCUT2D eigenvalue weighted by molar-refractivity contribution is -0.906. The number of rotatable bonds is 25. The van der Waals surface area contributed by atoms with Crippen molar-refractivity contribution in [3.8, 4) is 0 Å². The Morgan fingerprint density at radius 1 is 0.625 bits per heavy atom. The van der Waals surface area contributed by atoms with E-state index in [1.54, 1.807) is 0 Å². The molecule has 1 atom stereocenters. The summed E-state index contributed by atoms with van der Waals surface area (Å²) in [6.45, 7) is 9.28. The SMILES string of the molecule is C=CC(=O)C(CCCCCCCCCCCCCCCCCCCCC)[N+](C)(C)CCC. The molecule has 2 nitrogen and oxygen atoms in total. The fraction of sp³-hybridized carbons (Fsp3) is 0.900. The summed E-state index contributed by atoms with van der Waals surface area (Å²) in [5, 5.41) is 0. The van der Waals surface area contributed by atoms with E-state index in [-0.39, 0.29) is 11.8 Å². The van der Waals surface area contributed by atoms with Crippen molar-refractivity contribution in [1.29, 1.82) is 0 Å². The molecule has 0 aliphatic rings. The van der Waals surface area contributed by atoms with Gasteiger partial charge in [0.25, 0.3) is 0 Å². The van der Waals surface area contributed by atoms with Crippen LogP contribution in [0.5, 0.6) is 0 Å². The molecule has 0 radical (unpaired) electrons.